The fourth-order valence-electron chi connectivity index (χ4n) is 1.12. The Balaban J connectivity index is 2.48. The minimum Gasteiger partial charge on any atom is -0.396 e. The number of Topliss-reactive ketones (excluding diaryl/α,β-unsaturated/α-hetero) is 1. The van der Waals surface area contributed by atoms with E-state index in [9.17, 15) is 4.79 Å². The lowest BCUT2D eigenvalue weighted by Gasteiger charge is -1.99. The van der Waals surface area contributed by atoms with Crippen LogP contribution in [0.2, 0.25) is 0 Å². The molecule has 0 radical (unpaired) electrons. The number of aliphatic hydroxyl groups is 2. The summed E-state index contributed by atoms with van der Waals surface area (Å²) in [5, 5.41) is 17.4. The van der Waals surface area contributed by atoms with E-state index in [1.807, 2.05) is 0 Å². The van der Waals surface area contributed by atoms with Gasteiger partial charge in [0.05, 0.1) is 12.7 Å². The zero-order chi connectivity index (χ0) is 6.85. The highest BCUT2D eigenvalue weighted by Crippen LogP contribution is 2.20. The molecule has 0 aromatic heterocycles. The number of hydrogen-bond acceptors (Lipinski definition) is 3. The minimum atomic E-state index is -0.505. The van der Waals surface area contributed by atoms with E-state index in [4.69, 9.17) is 10.2 Å². The van der Waals surface area contributed by atoms with Crippen LogP contribution in [-0.2, 0) is 4.79 Å². The Morgan fingerprint density at radius 2 is 2.33 bits per heavy atom. The third-order valence-electron chi connectivity index (χ3n) is 1.67. The van der Waals surface area contributed by atoms with Gasteiger partial charge in [0.2, 0.25) is 0 Å². The van der Waals surface area contributed by atoms with E-state index in [0.29, 0.717) is 6.42 Å². The van der Waals surface area contributed by atoms with Crippen molar-refractivity contribution in [3.05, 3.63) is 0 Å². The molecule has 0 heterocycles. The van der Waals surface area contributed by atoms with Crippen molar-refractivity contribution in [2.75, 3.05) is 6.61 Å². The third-order valence-corrected chi connectivity index (χ3v) is 1.67. The molecule has 1 saturated carbocycles. The summed E-state index contributed by atoms with van der Waals surface area (Å²) in [5.41, 5.74) is 0. The number of ketones is 1. The zero-order valence-electron chi connectivity index (χ0n) is 5.08. The van der Waals surface area contributed by atoms with Crippen molar-refractivity contribution in [3.8, 4) is 0 Å². The molecular formula is C6H10O3. The molecule has 2 N–H and O–H groups in total. The highest BCUT2D eigenvalue weighted by Gasteiger charge is 2.30. The van der Waals surface area contributed by atoms with Crippen LogP contribution in [0.1, 0.15) is 12.8 Å². The summed E-state index contributed by atoms with van der Waals surface area (Å²) in [6.07, 6.45) is 0.162. The zero-order valence-corrected chi connectivity index (χ0v) is 5.08. The van der Waals surface area contributed by atoms with Gasteiger partial charge in [0.25, 0.3) is 0 Å². The van der Waals surface area contributed by atoms with Gasteiger partial charge in [0, 0.05) is 12.3 Å². The first-order valence-corrected chi connectivity index (χ1v) is 3.05. The first kappa shape index (κ1) is 6.71. The lowest BCUT2D eigenvalue weighted by atomic mass is 10.1. The van der Waals surface area contributed by atoms with Crippen molar-refractivity contribution in [2.45, 2.75) is 18.9 Å². The normalized spacial score (nSPS) is 35.6. The maximum atomic E-state index is 10.7. The summed E-state index contributed by atoms with van der Waals surface area (Å²) in [4.78, 5) is 10.7. The average Bonchev–Trinajstić information content (AvgIpc) is 2.10. The highest BCUT2D eigenvalue weighted by atomic mass is 16.3. The summed E-state index contributed by atoms with van der Waals surface area (Å²) in [5.74, 6) is -0.301. The predicted molar refractivity (Wildman–Crippen MR) is 30.8 cm³/mol. The fourth-order valence-corrected chi connectivity index (χ4v) is 1.12. The molecule has 3 heteroatoms. The van der Waals surface area contributed by atoms with Crippen LogP contribution < -0.4 is 0 Å². The largest absolute Gasteiger partial charge is 0.396 e. The molecule has 3 nitrogen and oxygen atoms in total. The second-order valence-electron chi connectivity index (χ2n) is 2.44. The van der Waals surface area contributed by atoms with E-state index in [1.165, 1.54) is 0 Å². The van der Waals surface area contributed by atoms with E-state index in [1.54, 1.807) is 0 Å². The van der Waals surface area contributed by atoms with Gasteiger partial charge in [-0.3, -0.25) is 4.79 Å². The van der Waals surface area contributed by atoms with Crippen LogP contribution in [0, 0.1) is 5.92 Å². The number of carbonyl (C=O) groups excluding carboxylic acids is 1. The monoisotopic (exact) mass is 130 g/mol. The third kappa shape index (κ3) is 1.28. The topological polar surface area (TPSA) is 57.5 Å². The number of aliphatic hydroxyl groups excluding tert-OH is 2. The second-order valence-corrected chi connectivity index (χ2v) is 2.44. The average molecular weight is 130 g/mol. The number of rotatable bonds is 1. The van der Waals surface area contributed by atoms with Gasteiger partial charge in [-0.2, -0.15) is 0 Å². The van der Waals surface area contributed by atoms with Crippen LogP contribution in [0.5, 0.6) is 0 Å². The SMILES string of the molecule is O=C1CC(O)CC1CO. The van der Waals surface area contributed by atoms with Crippen LogP contribution in [0.15, 0.2) is 0 Å². The maximum Gasteiger partial charge on any atom is 0.140 e. The lowest BCUT2D eigenvalue weighted by molar-refractivity contribution is -0.121. The summed E-state index contributed by atoms with van der Waals surface area (Å²) in [6.45, 7) is -0.115. The molecule has 1 aliphatic rings. The van der Waals surface area contributed by atoms with Crippen LogP contribution in [-0.4, -0.2) is 28.7 Å². The summed E-state index contributed by atoms with van der Waals surface area (Å²) in [6, 6.07) is 0. The molecule has 0 aromatic carbocycles. The molecule has 0 saturated heterocycles. The van der Waals surface area contributed by atoms with Gasteiger partial charge in [-0.05, 0) is 6.42 Å². The van der Waals surface area contributed by atoms with Gasteiger partial charge < -0.3 is 10.2 Å². The van der Waals surface area contributed by atoms with Gasteiger partial charge in [0.15, 0.2) is 0 Å². The van der Waals surface area contributed by atoms with E-state index >= 15 is 0 Å². The van der Waals surface area contributed by atoms with Crippen LogP contribution >= 0.6 is 0 Å². The van der Waals surface area contributed by atoms with Crippen LogP contribution in [0.4, 0.5) is 0 Å². The molecule has 1 fully saturated rings. The quantitative estimate of drug-likeness (QED) is 0.494. The van der Waals surface area contributed by atoms with Crippen molar-refractivity contribution in [1.29, 1.82) is 0 Å². The van der Waals surface area contributed by atoms with Gasteiger partial charge >= 0.3 is 0 Å². The molecule has 2 atom stereocenters. The van der Waals surface area contributed by atoms with Gasteiger partial charge in [0.1, 0.15) is 5.78 Å². The molecule has 0 amide bonds. The van der Waals surface area contributed by atoms with E-state index in [0.717, 1.165) is 0 Å². The van der Waals surface area contributed by atoms with Crippen molar-refractivity contribution in [1.82, 2.24) is 0 Å². The molecule has 52 valence electrons. The fraction of sp³-hybridized carbons (Fsp3) is 0.833. The first-order chi connectivity index (χ1) is 4.24. The molecule has 0 spiro atoms. The summed E-state index contributed by atoms with van der Waals surface area (Å²) < 4.78 is 0. The highest BCUT2D eigenvalue weighted by molar-refractivity contribution is 5.83. The molecule has 0 aromatic rings. The van der Waals surface area contributed by atoms with Gasteiger partial charge in [-0.25, -0.2) is 0 Å². The molecule has 9 heavy (non-hydrogen) atoms. The molecular weight excluding hydrogens is 120 g/mol. The summed E-state index contributed by atoms with van der Waals surface area (Å²) >= 11 is 0. The summed E-state index contributed by atoms with van der Waals surface area (Å²) in [7, 11) is 0. The lowest BCUT2D eigenvalue weighted by Crippen LogP contribution is -2.10. The molecule has 2 unspecified atom stereocenters. The smallest absolute Gasteiger partial charge is 0.140 e. The number of hydrogen-bond donors (Lipinski definition) is 2. The Kier molecular flexibility index (Phi) is 1.83. The Morgan fingerprint density at radius 1 is 1.67 bits per heavy atom. The molecule has 1 rings (SSSR count). The van der Waals surface area contributed by atoms with Gasteiger partial charge in [-0.15, -0.1) is 0 Å². The number of carbonyl (C=O) groups is 1. The Hall–Kier alpha value is -0.410. The van der Waals surface area contributed by atoms with Crippen LogP contribution in [0.25, 0.3) is 0 Å². The first-order valence-electron chi connectivity index (χ1n) is 3.05. The van der Waals surface area contributed by atoms with Crippen molar-refractivity contribution in [2.24, 2.45) is 5.92 Å². The Morgan fingerprint density at radius 3 is 2.56 bits per heavy atom. The van der Waals surface area contributed by atoms with Crippen LogP contribution in [0.3, 0.4) is 0 Å². The second kappa shape index (κ2) is 2.45. The van der Waals surface area contributed by atoms with E-state index in [-0.39, 0.29) is 24.7 Å². The Labute approximate surface area is 53.3 Å². The molecule has 1 aliphatic carbocycles. The van der Waals surface area contributed by atoms with Crippen molar-refractivity contribution in [3.63, 3.8) is 0 Å². The maximum absolute atomic E-state index is 10.7. The van der Waals surface area contributed by atoms with Crippen molar-refractivity contribution < 1.29 is 15.0 Å². The molecule has 0 aliphatic heterocycles. The predicted octanol–water partition coefficient (Wildman–Crippen LogP) is -0.681. The van der Waals surface area contributed by atoms with E-state index < -0.39 is 6.10 Å². The minimum absolute atomic E-state index is 0.00926. The van der Waals surface area contributed by atoms with Gasteiger partial charge in [-0.1, -0.05) is 0 Å². The van der Waals surface area contributed by atoms with E-state index in [2.05, 4.69) is 0 Å². The standard InChI is InChI=1S/C6H10O3/c7-3-4-1-5(8)2-6(4)9/h4-5,7-8H,1-3H2. The Bertz CT molecular complexity index is 121. The molecule has 0 bridgehead atoms. The van der Waals surface area contributed by atoms with Crippen molar-refractivity contribution >= 4 is 5.78 Å².